The highest BCUT2D eigenvalue weighted by Gasteiger charge is 2.51. The number of nitrogens with zero attached hydrogens (tertiary/aromatic N) is 3. The van der Waals surface area contributed by atoms with Crippen LogP contribution in [0.3, 0.4) is 0 Å². The van der Waals surface area contributed by atoms with Gasteiger partial charge < -0.3 is 9.47 Å². The minimum Gasteiger partial charge on any atom is -0.495 e. The summed E-state index contributed by atoms with van der Waals surface area (Å²) in [6.07, 6.45) is 3.22. The molecule has 10 heteroatoms. The van der Waals surface area contributed by atoms with Gasteiger partial charge in [-0.1, -0.05) is 25.0 Å². The molecule has 1 saturated carbocycles. The van der Waals surface area contributed by atoms with Crippen LogP contribution in [0, 0.1) is 11.8 Å². The second kappa shape index (κ2) is 9.92. The van der Waals surface area contributed by atoms with E-state index in [0.717, 1.165) is 17.7 Å². The molecule has 2 heterocycles. The van der Waals surface area contributed by atoms with E-state index < -0.39 is 12.0 Å². The van der Waals surface area contributed by atoms with Crippen molar-refractivity contribution in [2.24, 2.45) is 11.8 Å². The fourth-order valence-corrected chi connectivity index (χ4v) is 5.49. The van der Waals surface area contributed by atoms with E-state index >= 15 is 0 Å². The predicted octanol–water partition coefficient (Wildman–Crippen LogP) is 3.44. The Hall–Kier alpha value is -3.27. The summed E-state index contributed by atoms with van der Waals surface area (Å²) in [5.41, 5.74) is 1.01. The van der Waals surface area contributed by atoms with E-state index in [0.29, 0.717) is 35.1 Å². The second-order valence-corrected chi connectivity index (χ2v) is 9.31. The molecule has 1 aliphatic carbocycles. The SMILES string of the molecule is COc1ccccc1N(C(C)=O)c1nc(COC(=O)[C@@H](C)N2C(=O)[C@H]3CCCC[C@H]3C2=O)cs1. The molecule has 4 rings (SSSR count). The number of esters is 1. The fourth-order valence-electron chi connectivity index (χ4n) is 4.63. The number of likely N-dealkylation sites (tertiary alicyclic amines) is 1. The van der Waals surface area contributed by atoms with Crippen LogP contribution < -0.4 is 9.64 Å². The van der Waals surface area contributed by atoms with Gasteiger partial charge in [-0.05, 0) is 31.9 Å². The van der Waals surface area contributed by atoms with Crippen LogP contribution in [-0.4, -0.2) is 46.7 Å². The summed E-state index contributed by atoms with van der Waals surface area (Å²) >= 11 is 1.23. The van der Waals surface area contributed by atoms with Crippen molar-refractivity contribution in [3.63, 3.8) is 0 Å². The number of amides is 3. The first-order valence-electron chi connectivity index (χ1n) is 11.2. The van der Waals surface area contributed by atoms with Crippen LogP contribution >= 0.6 is 11.3 Å². The minimum atomic E-state index is -0.994. The molecule has 0 N–H and O–H groups in total. The lowest BCUT2D eigenvalue weighted by Crippen LogP contribution is -2.44. The van der Waals surface area contributed by atoms with Gasteiger partial charge in [0.25, 0.3) is 0 Å². The van der Waals surface area contributed by atoms with Gasteiger partial charge in [0.2, 0.25) is 17.7 Å². The summed E-state index contributed by atoms with van der Waals surface area (Å²) in [6, 6.07) is 6.11. The van der Waals surface area contributed by atoms with Crippen LogP contribution in [0.1, 0.15) is 45.2 Å². The van der Waals surface area contributed by atoms with Gasteiger partial charge in [0.05, 0.1) is 30.3 Å². The Morgan fingerprint density at radius 1 is 1.18 bits per heavy atom. The van der Waals surface area contributed by atoms with Gasteiger partial charge >= 0.3 is 5.97 Å². The van der Waals surface area contributed by atoms with E-state index in [9.17, 15) is 19.2 Å². The van der Waals surface area contributed by atoms with Crippen molar-refractivity contribution in [2.45, 2.75) is 52.2 Å². The maximum atomic E-state index is 12.7. The van der Waals surface area contributed by atoms with Crippen molar-refractivity contribution in [1.82, 2.24) is 9.88 Å². The fraction of sp³-hybridized carbons (Fsp3) is 0.458. The zero-order valence-corrected chi connectivity index (χ0v) is 20.2. The van der Waals surface area contributed by atoms with Gasteiger partial charge in [-0.25, -0.2) is 9.78 Å². The van der Waals surface area contributed by atoms with Crippen LogP contribution in [-0.2, 0) is 30.5 Å². The average molecular weight is 486 g/mol. The number of anilines is 2. The van der Waals surface area contributed by atoms with Crippen molar-refractivity contribution in [2.75, 3.05) is 12.0 Å². The summed E-state index contributed by atoms with van der Waals surface area (Å²) in [5, 5.41) is 2.10. The number of hydrogen-bond donors (Lipinski definition) is 0. The largest absolute Gasteiger partial charge is 0.495 e. The summed E-state index contributed by atoms with van der Waals surface area (Å²) in [7, 11) is 1.52. The smallest absolute Gasteiger partial charge is 0.329 e. The number of hydrogen-bond acceptors (Lipinski definition) is 8. The number of thiazole rings is 1. The Bertz CT molecular complexity index is 1090. The third kappa shape index (κ3) is 4.42. The highest BCUT2D eigenvalue weighted by Crippen LogP contribution is 2.39. The molecule has 1 aromatic heterocycles. The molecule has 0 radical (unpaired) electrons. The summed E-state index contributed by atoms with van der Waals surface area (Å²) in [6.45, 7) is 2.80. The number of carbonyl (C=O) groups is 4. The Morgan fingerprint density at radius 3 is 2.44 bits per heavy atom. The van der Waals surface area contributed by atoms with E-state index in [1.807, 2.05) is 0 Å². The molecule has 2 aliphatic rings. The third-order valence-electron chi connectivity index (χ3n) is 6.34. The molecule has 34 heavy (non-hydrogen) atoms. The Balaban J connectivity index is 1.43. The maximum absolute atomic E-state index is 12.7. The number of ether oxygens (including phenoxy) is 2. The van der Waals surface area contributed by atoms with Crippen molar-refractivity contribution in [3.8, 4) is 5.75 Å². The van der Waals surface area contributed by atoms with E-state index in [1.165, 1.54) is 37.2 Å². The normalized spacial score (nSPS) is 20.6. The molecule has 2 fully saturated rings. The van der Waals surface area contributed by atoms with Crippen molar-refractivity contribution >= 4 is 45.8 Å². The van der Waals surface area contributed by atoms with Gasteiger partial charge in [-0.15, -0.1) is 11.3 Å². The monoisotopic (exact) mass is 485 g/mol. The van der Waals surface area contributed by atoms with Crippen LogP contribution in [0.5, 0.6) is 5.75 Å². The Labute approximate surface area is 201 Å². The lowest BCUT2D eigenvalue weighted by Gasteiger charge is -2.21. The summed E-state index contributed by atoms with van der Waals surface area (Å²) in [5.74, 6) is -1.56. The number of benzene rings is 1. The van der Waals surface area contributed by atoms with Gasteiger partial charge in [0.15, 0.2) is 5.13 Å². The van der Waals surface area contributed by atoms with E-state index in [-0.39, 0.29) is 36.2 Å². The standard InChI is InChI=1S/C24H27N3O6S/c1-14(26-21(29)17-8-4-5-9-18(17)22(26)30)23(31)33-12-16-13-34-24(25-16)27(15(2)28)19-10-6-7-11-20(19)32-3/h6-7,10-11,13-14,17-18H,4-5,8-9,12H2,1-3H3/t14-,17-,18+/m1/s1. The molecular formula is C24H27N3O6S. The number of para-hydroxylation sites is 2. The van der Waals surface area contributed by atoms with Gasteiger partial charge in [-0.2, -0.15) is 0 Å². The topological polar surface area (TPSA) is 106 Å². The van der Waals surface area contributed by atoms with E-state index in [1.54, 1.807) is 29.6 Å². The lowest BCUT2D eigenvalue weighted by atomic mass is 9.81. The molecule has 2 aromatic rings. The number of rotatable bonds is 7. The third-order valence-corrected chi connectivity index (χ3v) is 7.21. The minimum absolute atomic E-state index is 0.138. The first-order chi connectivity index (χ1) is 16.3. The number of aromatic nitrogens is 1. The van der Waals surface area contributed by atoms with E-state index in [2.05, 4.69) is 4.98 Å². The molecule has 1 saturated heterocycles. The number of methoxy groups -OCH3 is 1. The van der Waals surface area contributed by atoms with Crippen LogP contribution in [0.15, 0.2) is 29.6 Å². The highest BCUT2D eigenvalue weighted by molar-refractivity contribution is 7.14. The zero-order chi connectivity index (χ0) is 24.4. The molecule has 9 nitrogen and oxygen atoms in total. The van der Waals surface area contributed by atoms with Crippen molar-refractivity contribution in [1.29, 1.82) is 0 Å². The van der Waals surface area contributed by atoms with Gasteiger partial charge in [0.1, 0.15) is 18.4 Å². The summed E-state index contributed by atoms with van der Waals surface area (Å²) < 4.78 is 10.8. The first kappa shape index (κ1) is 23.9. The molecule has 0 unspecified atom stereocenters. The Morgan fingerprint density at radius 2 is 1.82 bits per heavy atom. The molecule has 1 aliphatic heterocycles. The van der Waals surface area contributed by atoms with Crippen molar-refractivity contribution < 1.29 is 28.7 Å². The molecule has 1 aromatic carbocycles. The van der Waals surface area contributed by atoms with Crippen molar-refractivity contribution in [3.05, 3.63) is 35.3 Å². The average Bonchev–Trinajstić information content (AvgIpc) is 3.40. The Kier molecular flexibility index (Phi) is 6.97. The lowest BCUT2D eigenvalue weighted by molar-refractivity contribution is -0.159. The van der Waals surface area contributed by atoms with E-state index in [4.69, 9.17) is 9.47 Å². The van der Waals surface area contributed by atoms with Crippen LogP contribution in [0.2, 0.25) is 0 Å². The molecule has 3 atom stereocenters. The first-order valence-corrected chi connectivity index (χ1v) is 12.1. The number of carbonyl (C=O) groups excluding carboxylic acids is 4. The zero-order valence-electron chi connectivity index (χ0n) is 19.4. The van der Waals surface area contributed by atoms with Crippen LogP contribution in [0.25, 0.3) is 0 Å². The molecule has 3 amide bonds. The molecule has 0 spiro atoms. The van der Waals surface area contributed by atoms with Crippen LogP contribution in [0.4, 0.5) is 10.8 Å². The molecule has 180 valence electrons. The predicted molar refractivity (Wildman–Crippen MR) is 124 cm³/mol. The number of fused-ring (bicyclic) bond motifs is 1. The molecular weight excluding hydrogens is 458 g/mol. The van der Waals surface area contributed by atoms with Gasteiger partial charge in [0, 0.05) is 12.3 Å². The summed E-state index contributed by atoms with van der Waals surface area (Å²) in [4.78, 5) is 57.5. The van der Waals surface area contributed by atoms with Gasteiger partial charge in [-0.3, -0.25) is 24.2 Å². The second-order valence-electron chi connectivity index (χ2n) is 8.48. The quantitative estimate of drug-likeness (QED) is 0.437. The molecule has 0 bridgehead atoms. The number of imide groups is 1. The maximum Gasteiger partial charge on any atom is 0.329 e. The highest BCUT2D eigenvalue weighted by atomic mass is 32.1.